The van der Waals surface area contributed by atoms with Gasteiger partial charge in [0.2, 0.25) is 0 Å². The summed E-state index contributed by atoms with van der Waals surface area (Å²) in [5, 5.41) is 0. The highest BCUT2D eigenvalue weighted by molar-refractivity contribution is 9.10. The van der Waals surface area contributed by atoms with Crippen molar-refractivity contribution in [3.63, 3.8) is 0 Å². The Hall–Kier alpha value is -1.33. The molecule has 102 valence electrons. The van der Waals surface area contributed by atoms with E-state index in [1.807, 2.05) is 30.3 Å². The molecule has 0 saturated carbocycles. The summed E-state index contributed by atoms with van der Waals surface area (Å²) < 4.78 is 1.09. The van der Waals surface area contributed by atoms with Gasteiger partial charge in [-0.05, 0) is 41.8 Å². The fourth-order valence-electron chi connectivity index (χ4n) is 2.29. The van der Waals surface area contributed by atoms with E-state index in [1.54, 1.807) is 0 Å². The Morgan fingerprint density at radius 2 is 1.85 bits per heavy atom. The number of aromatic nitrogens is 2. The van der Waals surface area contributed by atoms with Gasteiger partial charge in [0.15, 0.2) is 0 Å². The molecule has 0 saturated heterocycles. The maximum Gasteiger partial charge on any atom is 0.323 e. The van der Waals surface area contributed by atoms with Crippen molar-refractivity contribution in [2.45, 2.75) is 11.8 Å². The third kappa shape index (κ3) is 2.36. The number of imidazole rings is 1. The van der Waals surface area contributed by atoms with Crippen LogP contribution in [0.4, 0.5) is 0 Å². The minimum absolute atomic E-state index is 0.0859. The molecule has 3 aromatic rings. The normalized spacial score (nSPS) is 12.8. The molecule has 0 aliphatic carbocycles. The first kappa shape index (κ1) is 13.6. The zero-order valence-corrected chi connectivity index (χ0v) is 13.9. The highest BCUT2D eigenvalue weighted by Gasteiger charge is 2.14. The summed E-state index contributed by atoms with van der Waals surface area (Å²) >= 11 is 7.31. The summed E-state index contributed by atoms with van der Waals surface area (Å²) in [7, 11) is 0. The second kappa shape index (κ2) is 5.22. The van der Waals surface area contributed by atoms with Crippen LogP contribution < -0.4 is 5.69 Å². The average Bonchev–Trinajstić information content (AvgIpc) is 2.80. The van der Waals surface area contributed by atoms with Gasteiger partial charge in [-0.15, -0.1) is 0 Å². The number of hydrogen-bond acceptors (Lipinski definition) is 1. The van der Waals surface area contributed by atoms with Crippen LogP contribution in [0.5, 0.6) is 0 Å². The van der Waals surface area contributed by atoms with Gasteiger partial charge in [0, 0.05) is 4.47 Å². The van der Waals surface area contributed by atoms with Crippen molar-refractivity contribution in [3.8, 4) is 0 Å². The first-order valence-corrected chi connectivity index (χ1v) is 7.88. The van der Waals surface area contributed by atoms with Crippen molar-refractivity contribution in [3.05, 3.63) is 68.0 Å². The molecule has 0 spiro atoms. The number of fused-ring (bicyclic) bond motifs is 1. The maximum atomic E-state index is 11.3. The van der Waals surface area contributed by atoms with Gasteiger partial charge < -0.3 is 9.97 Å². The van der Waals surface area contributed by atoms with Crippen LogP contribution in [0.1, 0.15) is 21.5 Å². The third-order valence-electron chi connectivity index (χ3n) is 3.42. The molecular weight excluding hydrogens is 384 g/mol. The summed E-state index contributed by atoms with van der Waals surface area (Å²) in [5.74, 6) is 0. The number of H-pyrrole nitrogens is 2. The molecule has 5 heteroatoms. The predicted octanol–water partition coefficient (Wildman–Crippen LogP) is 4.41. The monoisotopic (exact) mass is 394 g/mol. The summed E-state index contributed by atoms with van der Waals surface area (Å²) in [6.45, 7) is 2.09. The van der Waals surface area contributed by atoms with E-state index in [-0.39, 0.29) is 10.5 Å². The van der Waals surface area contributed by atoms with Crippen LogP contribution in [-0.4, -0.2) is 9.97 Å². The quantitative estimate of drug-likeness (QED) is 0.620. The van der Waals surface area contributed by atoms with Gasteiger partial charge in [0.1, 0.15) is 0 Å². The number of aromatic amines is 2. The Bertz CT molecular complexity index is 835. The van der Waals surface area contributed by atoms with Gasteiger partial charge >= 0.3 is 5.69 Å². The molecule has 3 rings (SSSR count). The topological polar surface area (TPSA) is 48.6 Å². The molecule has 0 aliphatic rings. The van der Waals surface area contributed by atoms with E-state index in [9.17, 15) is 4.79 Å². The summed E-state index contributed by atoms with van der Waals surface area (Å²) in [6.07, 6.45) is 0. The van der Waals surface area contributed by atoms with Gasteiger partial charge in [-0.2, -0.15) is 0 Å². The van der Waals surface area contributed by atoms with Gasteiger partial charge in [0.05, 0.1) is 15.9 Å². The van der Waals surface area contributed by atoms with Gasteiger partial charge in [-0.25, -0.2) is 4.79 Å². The average molecular weight is 396 g/mol. The van der Waals surface area contributed by atoms with Crippen molar-refractivity contribution in [1.82, 2.24) is 9.97 Å². The Labute approximate surface area is 132 Å². The van der Waals surface area contributed by atoms with Crippen LogP contribution in [0.2, 0.25) is 0 Å². The molecule has 1 unspecified atom stereocenters. The van der Waals surface area contributed by atoms with Crippen molar-refractivity contribution in [2.75, 3.05) is 0 Å². The minimum atomic E-state index is -0.179. The third-order valence-corrected chi connectivity index (χ3v) is 5.30. The van der Waals surface area contributed by atoms with Crippen LogP contribution in [0.25, 0.3) is 11.0 Å². The second-order valence-corrected chi connectivity index (χ2v) is 6.47. The summed E-state index contributed by atoms with van der Waals surface area (Å²) in [4.78, 5) is 16.9. The number of alkyl halides is 1. The molecule has 0 amide bonds. The van der Waals surface area contributed by atoms with Gasteiger partial charge in [-0.1, -0.05) is 50.1 Å². The molecule has 1 heterocycles. The van der Waals surface area contributed by atoms with E-state index in [0.29, 0.717) is 0 Å². The Balaban J connectivity index is 2.09. The maximum absolute atomic E-state index is 11.3. The number of benzene rings is 2. The Morgan fingerprint density at radius 1 is 1.10 bits per heavy atom. The van der Waals surface area contributed by atoms with Crippen LogP contribution in [-0.2, 0) is 0 Å². The molecule has 0 bridgehead atoms. The lowest BCUT2D eigenvalue weighted by Gasteiger charge is -2.14. The van der Waals surface area contributed by atoms with Crippen LogP contribution in [0.15, 0.2) is 45.7 Å². The highest BCUT2D eigenvalue weighted by Crippen LogP contribution is 2.35. The van der Waals surface area contributed by atoms with Crippen molar-refractivity contribution in [1.29, 1.82) is 0 Å². The Morgan fingerprint density at radius 3 is 2.65 bits per heavy atom. The van der Waals surface area contributed by atoms with E-state index < -0.39 is 0 Å². The molecule has 0 radical (unpaired) electrons. The number of nitrogens with one attached hydrogen (secondary N) is 2. The number of hydrogen-bond donors (Lipinski definition) is 2. The lowest BCUT2D eigenvalue weighted by atomic mass is 10.0. The molecule has 3 nitrogen and oxygen atoms in total. The van der Waals surface area contributed by atoms with Gasteiger partial charge in [-0.3, -0.25) is 0 Å². The smallest absolute Gasteiger partial charge is 0.306 e. The number of halogens is 2. The molecule has 1 aromatic heterocycles. The van der Waals surface area contributed by atoms with E-state index in [1.165, 1.54) is 11.1 Å². The zero-order chi connectivity index (χ0) is 14.3. The zero-order valence-electron chi connectivity index (χ0n) is 10.7. The standard InChI is InChI=1S/C15H12Br2N2O/c1-8-10(3-2-4-11(8)16)14(17)9-5-6-12-13(7-9)19-15(20)18-12/h2-7,14H,1H3,(H2,18,19,20). The van der Waals surface area contributed by atoms with Crippen LogP contribution in [0.3, 0.4) is 0 Å². The molecule has 2 N–H and O–H groups in total. The predicted molar refractivity (Wildman–Crippen MR) is 88.6 cm³/mol. The van der Waals surface area contributed by atoms with Crippen molar-refractivity contribution < 1.29 is 0 Å². The van der Waals surface area contributed by atoms with E-state index >= 15 is 0 Å². The molecular formula is C15H12Br2N2O. The summed E-state index contributed by atoms with van der Waals surface area (Å²) in [5.41, 5.74) is 4.98. The minimum Gasteiger partial charge on any atom is -0.306 e. The highest BCUT2D eigenvalue weighted by atomic mass is 79.9. The first-order valence-electron chi connectivity index (χ1n) is 6.17. The lowest BCUT2D eigenvalue weighted by molar-refractivity contribution is 1.14. The van der Waals surface area contributed by atoms with Crippen molar-refractivity contribution in [2.24, 2.45) is 0 Å². The van der Waals surface area contributed by atoms with E-state index in [2.05, 4.69) is 54.8 Å². The fourth-order valence-corrected chi connectivity index (χ4v) is 3.45. The molecule has 0 fully saturated rings. The van der Waals surface area contributed by atoms with Crippen LogP contribution in [0, 0.1) is 6.92 Å². The Kier molecular flexibility index (Phi) is 3.56. The van der Waals surface area contributed by atoms with E-state index in [4.69, 9.17) is 0 Å². The molecule has 0 aliphatic heterocycles. The van der Waals surface area contributed by atoms with E-state index in [0.717, 1.165) is 21.1 Å². The van der Waals surface area contributed by atoms with Crippen molar-refractivity contribution >= 4 is 42.9 Å². The fraction of sp³-hybridized carbons (Fsp3) is 0.133. The lowest BCUT2D eigenvalue weighted by Crippen LogP contribution is -1.99. The second-order valence-electron chi connectivity index (χ2n) is 4.70. The largest absolute Gasteiger partial charge is 0.323 e. The van der Waals surface area contributed by atoms with Gasteiger partial charge in [0.25, 0.3) is 0 Å². The molecule has 2 aromatic carbocycles. The number of rotatable bonds is 2. The molecule has 20 heavy (non-hydrogen) atoms. The molecule has 1 atom stereocenters. The first-order chi connectivity index (χ1) is 9.56. The summed E-state index contributed by atoms with van der Waals surface area (Å²) in [6, 6.07) is 12.1. The SMILES string of the molecule is Cc1c(Br)cccc1C(Br)c1ccc2[nH]c(=O)[nH]c2c1. The van der Waals surface area contributed by atoms with Crippen LogP contribution >= 0.6 is 31.9 Å².